The van der Waals surface area contributed by atoms with Crippen LogP contribution in [0.1, 0.15) is 26.7 Å². The van der Waals surface area contributed by atoms with Crippen molar-refractivity contribution in [2.45, 2.75) is 23.9 Å². The van der Waals surface area contributed by atoms with Crippen molar-refractivity contribution in [3.63, 3.8) is 0 Å². The lowest BCUT2D eigenvalue weighted by atomic mass is 10.0. The van der Waals surface area contributed by atoms with Gasteiger partial charge >= 0.3 is 0 Å². The van der Waals surface area contributed by atoms with Gasteiger partial charge in [-0.15, -0.1) is 0 Å². The number of carbonyl (C=O) groups excluding carboxylic acids is 1. The van der Waals surface area contributed by atoms with Gasteiger partial charge in [0.1, 0.15) is 24.7 Å². The van der Waals surface area contributed by atoms with Crippen molar-refractivity contribution in [1.82, 2.24) is 0 Å². The first-order valence-corrected chi connectivity index (χ1v) is 12.4. The van der Waals surface area contributed by atoms with Crippen LogP contribution in [0.2, 0.25) is 0 Å². The molecule has 2 aliphatic rings. The van der Waals surface area contributed by atoms with Gasteiger partial charge in [0.25, 0.3) is 0 Å². The summed E-state index contributed by atoms with van der Waals surface area (Å²) >= 11 is 1.89. The number of methoxy groups -OCH3 is 1. The first-order chi connectivity index (χ1) is 16.1. The van der Waals surface area contributed by atoms with Crippen molar-refractivity contribution in [2.24, 2.45) is 0 Å². The van der Waals surface area contributed by atoms with Gasteiger partial charge in [0.05, 0.1) is 18.8 Å². The molecule has 2 saturated heterocycles. The zero-order valence-corrected chi connectivity index (χ0v) is 19.5. The number of hydrogen-bond acceptors (Lipinski definition) is 4. The van der Waals surface area contributed by atoms with E-state index in [2.05, 4.69) is 36.4 Å². The van der Waals surface area contributed by atoms with Crippen molar-refractivity contribution < 1.29 is 19.1 Å². The molecule has 2 fully saturated rings. The van der Waals surface area contributed by atoms with Gasteiger partial charge in [-0.3, -0.25) is 9.28 Å². The smallest absolute Gasteiger partial charge is 0.220 e. The third-order valence-electron chi connectivity index (χ3n) is 7.16. The van der Waals surface area contributed by atoms with Crippen LogP contribution in [0, 0.1) is 5.21 Å². The van der Waals surface area contributed by atoms with E-state index < -0.39 is 0 Å². The molecule has 0 amide bonds. The highest BCUT2D eigenvalue weighted by atomic mass is 32.2. The topological polar surface area (TPSA) is 53.8 Å². The number of rotatable bonds is 7. The monoisotopic (exact) mass is 461 g/mol. The number of Topliss-reactive ketones (excluding diaryl/α,β-unsaturated/α-hetero) is 1. The van der Waals surface area contributed by atoms with Crippen LogP contribution in [-0.2, 0) is 6.42 Å². The van der Waals surface area contributed by atoms with Crippen LogP contribution in [-0.4, -0.2) is 48.5 Å². The SMILES string of the molecule is COc1ccc(C(=O)C[N+]23CSC(c4ccccc4)C2C[NH+]([O-])C3Cc2ccccc2)cc1. The number of nitrogens with zero attached hydrogens (tertiary/aromatic N) is 1. The maximum Gasteiger partial charge on any atom is 0.220 e. The zero-order valence-electron chi connectivity index (χ0n) is 18.7. The minimum absolute atomic E-state index is 0.0877. The van der Waals surface area contributed by atoms with Gasteiger partial charge in [0, 0.05) is 5.56 Å². The zero-order chi connectivity index (χ0) is 22.8. The van der Waals surface area contributed by atoms with Crippen LogP contribution in [0.3, 0.4) is 0 Å². The molecule has 0 saturated carbocycles. The number of thioether (sulfide) groups is 1. The molecule has 5 atom stereocenters. The quantitative estimate of drug-likeness (QED) is 0.333. The molecule has 170 valence electrons. The summed E-state index contributed by atoms with van der Waals surface area (Å²) in [6, 6.07) is 28.1. The predicted molar refractivity (Wildman–Crippen MR) is 131 cm³/mol. The average Bonchev–Trinajstić information content (AvgIpc) is 3.33. The highest BCUT2D eigenvalue weighted by Gasteiger charge is 2.62. The molecule has 0 radical (unpaired) electrons. The van der Waals surface area contributed by atoms with Crippen LogP contribution >= 0.6 is 11.8 Å². The number of carbonyl (C=O) groups is 1. The Hall–Kier alpha value is -2.64. The summed E-state index contributed by atoms with van der Waals surface area (Å²) in [6.45, 7) is 0.872. The molecule has 2 heterocycles. The molecule has 5 rings (SSSR count). The molecule has 33 heavy (non-hydrogen) atoms. The first kappa shape index (κ1) is 22.2. The Morgan fingerprint density at radius 2 is 1.70 bits per heavy atom. The van der Waals surface area contributed by atoms with Crippen LogP contribution in [0.4, 0.5) is 0 Å². The van der Waals surface area contributed by atoms with Gasteiger partial charge in [-0.2, -0.15) is 0 Å². The molecule has 6 heteroatoms. The molecule has 2 aliphatic heterocycles. The van der Waals surface area contributed by atoms with Crippen molar-refractivity contribution in [3.05, 3.63) is 107 Å². The van der Waals surface area contributed by atoms with E-state index in [-0.39, 0.29) is 28.3 Å². The molecule has 1 N–H and O–H groups in total. The Morgan fingerprint density at radius 3 is 2.36 bits per heavy atom. The molecular weight excluding hydrogens is 432 g/mol. The summed E-state index contributed by atoms with van der Waals surface area (Å²) in [5.74, 6) is 1.59. The van der Waals surface area contributed by atoms with Crippen LogP contribution < -0.4 is 9.80 Å². The van der Waals surface area contributed by atoms with E-state index in [9.17, 15) is 10.0 Å². The van der Waals surface area contributed by atoms with E-state index >= 15 is 0 Å². The van der Waals surface area contributed by atoms with Gasteiger partial charge in [-0.05, 0) is 35.4 Å². The fourth-order valence-corrected chi connectivity index (χ4v) is 7.25. The third kappa shape index (κ3) is 4.20. The molecule has 3 aromatic rings. The van der Waals surface area contributed by atoms with E-state index in [0.717, 1.165) is 17.2 Å². The van der Waals surface area contributed by atoms with Crippen molar-refractivity contribution >= 4 is 17.5 Å². The number of hydroxylamine groups is 2. The summed E-state index contributed by atoms with van der Waals surface area (Å²) < 4.78 is 5.79. The van der Waals surface area contributed by atoms with E-state index in [0.29, 0.717) is 29.6 Å². The summed E-state index contributed by atoms with van der Waals surface area (Å²) in [6.07, 6.45) is 0.481. The van der Waals surface area contributed by atoms with Crippen molar-refractivity contribution in [1.29, 1.82) is 0 Å². The van der Waals surface area contributed by atoms with Gasteiger partial charge in [-0.1, -0.05) is 72.4 Å². The normalized spacial score (nSPS) is 28.4. The Balaban J connectivity index is 1.49. The van der Waals surface area contributed by atoms with Crippen LogP contribution in [0.15, 0.2) is 84.9 Å². The second-order valence-corrected chi connectivity index (χ2v) is 10.1. The minimum Gasteiger partial charge on any atom is -0.630 e. The number of ketones is 1. The van der Waals surface area contributed by atoms with E-state index in [4.69, 9.17) is 4.74 Å². The number of ether oxygens (including phenoxy) is 1. The molecule has 0 aromatic heterocycles. The van der Waals surface area contributed by atoms with E-state index in [1.54, 1.807) is 7.11 Å². The molecule has 0 aliphatic carbocycles. The largest absolute Gasteiger partial charge is 0.630 e. The fourth-order valence-electron chi connectivity index (χ4n) is 5.44. The molecule has 0 bridgehead atoms. The average molecular weight is 462 g/mol. The van der Waals surface area contributed by atoms with Crippen LogP contribution in [0.25, 0.3) is 0 Å². The number of fused-ring (bicyclic) bond motifs is 1. The summed E-state index contributed by atoms with van der Waals surface area (Å²) in [5, 5.41) is 13.9. The first-order valence-electron chi connectivity index (χ1n) is 11.4. The predicted octanol–water partition coefficient (Wildman–Crippen LogP) is 3.47. The van der Waals surface area contributed by atoms with Crippen LogP contribution in [0.5, 0.6) is 5.75 Å². The highest BCUT2D eigenvalue weighted by Crippen LogP contribution is 2.48. The Morgan fingerprint density at radius 1 is 1.03 bits per heavy atom. The Labute approximate surface area is 199 Å². The Kier molecular flexibility index (Phi) is 6.25. The highest BCUT2D eigenvalue weighted by molar-refractivity contribution is 7.99. The lowest BCUT2D eigenvalue weighted by Crippen LogP contribution is -3.11. The van der Waals surface area contributed by atoms with Crippen molar-refractivity contribution in [3.8, 4) is 5.75 Å². The van der Waals surface area contributed by atoms with Gasteiger partial charge in [0.15, 0.2) is 6.04 Å². The summed E-state index contributed by atoms with van der Waals surface area (Å²) in [5.41, 5.74) is 3.07. The summed E-state index contributed by atoms with van der Waals surface area (Å²) in [7, 11) is 1.62. The van der Waals surface area contributed by atoms with Gasteiger partial charge in [-0.25, -0.2) is 0 Å². The maximum absolute atomic E-state index is 13.5. The van der Waals surface area contributed by atoms with Gasteiger partial charge in [0.2, 0.25) is 11.9 Å². The fraction of sp³-hybridized carbons (Fsp3) is 0.296. The number of benzene rings is 3. The molecular formula is C27H29N2O3S+. The second-order valence-electron chi connectivity index (χ2n) is 8.98. The van der Waals surface area contributed by atoms with E-state index in [1.165, 1.54) is 5.56 Å². The number of nitrogens with one attached hydrogen (secondary N) is 1. The van der Waals surface area contributed by atoms with Gasteiger partial charge < -0.3 is 15.0 Å². The second kappa shape index (κ2) is 9.31. The molecule has 3 aromatic carbocycles. The Bertz CT molecular complexity index is 1090. The lowest BCUT2D eigenvalue weighted by molar-refractivity contribution is -1.05. The molecule has 0 spiro atoms. The summed E-state index contributed by atoms with van der Waals surface area (Å²) in [4.78, 5) is 13.5. The number of hydrogen-bond donors (Lipinski definition) is 1. The standard InChI is InChI=1S/C27H29N2O3S/c1-32-23-14-12-21(13-15-23)25(30)18-29-19-33-27(22-10-6-3-7-11-22)24(29)17-28(31)26(29)16-20-8-4-2-5-9-20/h2-15,24,26-28H,16-19H2,1H3/q+1. The third-order valence-corrected chi connectivity index (χ3v) is 8.73. The van der Waals surface area contributed by atoms with Crippen molar-refractivity contribution in [2.75, 3.05) is 26.1 Å². The molecule has 5 unspecified atom stereocenters. The molecule has 5 nitrogen and oxygen atoms in total. The number of quaternary nitrogens is 2. The van der Waals surface area contributed by atoms with E-state index in [1.807, 2.05) is 60.3 Å². The lowest BCUT2D eigenvalue weighted by Gasteiger charge is -2.38. The maximum atomic E-state index is 13.5. The minimum atomic E-state index is -0.194.